The predicted molar refractivity (Wildman–Crippen MR) is 116 cm³/mol. The third kappa shape index (κ3) is 6.34. The summed E-state index contributed by atoms with van der Waals surface area (Å²) in [5.74, 6) is 1.82. The third-order valence-electron chi connectivity index (χ3n) is 4.64. The molecule has 0 fully saturated rings. The lowest BCUT2D eigenvalue weighted by atomic mass is 10.2. The van der Waals surface area contributed by atoms with Gasteiger partial charge in [0.25, 0.3) is 0 Å². The van der Waals surface area contributed by atoms with Gasteiger partial charge in [-0.1, -0.05) is 49.4 Å². The van der Waals surface area contributed by atoms with E-state index in [4.69, 9.17) is 9.47 Å². The monoisotopic (exact) mass is 375 g/mol. The van der Waals surface area contributed by atoms with E-state index >= 15 is 0 Å². The van der Waals surface area contributed by atoms with Crippen LogP contribution in [0.5, 0.6) is 11.5 Å². The van der Waals surface area contributed by atoms with Crippen molar-refractivity contribution < 1.29 is 9.47 Å². The Morgan fingerprint density at radius 3 is 2.36 bits per heavy atom. The first kappa shape index (κ1) is 19.8. The topological polar surface area (TPSA) is 30.5 Å². The van der Waals surface area contributed by atoms with E-state index in [1.54, 1.807) is 0 Å². The van der Waals surface area contributed by atoms with Crippen molar-refractivity contribution in [2.45, 2.75) is 32.8 Å². The number of hydrogen-bond donors (Lipinski definition) is 1. The second kappa shape index (κ2) is 10.4. The van der Waals surface area contributed by atoms with Crippen molar-refractivity contribution in [3.05, 3.63) is 90.0 Å². The van der Waals surface area contributed by atoms with Crippen LogP contribution in [0.15, 0.2) is 78.9 Å². The number of aryl methyl sites for hydroxylation is 1. The maximum Gasteiger partial charge on any atom is 0.120 e. The van der Waals surface area contributed by atoms with Crippen molar-refractivity contribution >= 4 is 5.69 Å². The van der Waals surface area contributed by atoms with E-state index < -0.39 is 0 Å². The van der Waals surface area contributed by atoms with Gasteiger partial charge < -0.3 is 14.8 Å². The van der Waals surface area contributed by atoms with Crippen LogP contribution in [0.4, 0.5) is 5.69 Å². The highest BCUT2D eigenvalue weighted by Gasteiger charge is 2.08. The van der Waals surface area contributed by atoms with Gasteiger partial charge in [-0.15, -0.1) is 0 Å². The molecule has 3 rings (SSSR count). The zero-order chi connectivity index (χ0) is 19.6. The smallest absolute Gasteiger partial charge is 0.120 e. The van der Waals surface area contributed by atoms with E-state index in [0.29, 0.717) is 6.61 Å². The lowest BCUT2D eigenvalue weighted by molar-refractivity contribution is 0.210. The lowest BCUT2D eigenvalue weighted by Crippen LogP contribution is -2.25. The molecule has 0 heterocycles. The van der Waals surface area contributed by atoms with E-state index in [0.717, 1.165) is 36.6 Å². The Labute approximate surface area is 168 Å². The van der Waals surface area contributed by atoms with E-state index in [1.165, 1.54) is 11.1 Å². The van der Waals surface area contributed by atoms with E-state index in [-0.39, 0.29) is 6.10 Å². The fraction of sp³-hybridized carbons (Fsp3) is 0.280. The molecule has 0 spiro atoms. The summed E-state index contributed by atoms with van der Waals surface area (Å²) in [5.41, 5.74) is 3.57. The van der Waals surface area contributed by atoms with E-state index in [1.807, 2.05) is 30.3 Å². The Hall–Kier alpha value is -2.94. The quantitative estimate of drug-likeness (QED) is 0.479. The molecule has 0 saturated heterocycles. The first-order valence-electron chi connectivity index (χ1n) is 9.97. The van der Waals surface area contributed by atoms with Crippen molar-refractivity contribution in [3.63, 3.8) is 0 Å². The normalized spacial score (nSPS) is 11.6. The maximum atomic E-state index is 6.10. The van der Waals surface area contributed by atoms with Crippen LogP contribution in [-0.4, -0.2) is 19.3 Å². The molecule has 3 aromatic carbocycles. The highest BCUT2D eigenvalue weighted by molar-refractivity contribution is 5.46. The second-order valence-corrected chi connectivity index (χ2v) is 6.95. The molecule has 3 aromatic rings. The van der Waals surface area contributed by atoms with Gasteiger partial charge in [-0.05, 0) is 60.9 Å². The molecule has 0 aliphatic heterocycles. The number of hydrogen-bond acceptors (Lipinski definition) is 3. The van der Waals surface area contributed by atoms with Crippen LogP contribution in [-0.2, 0) is 6.42 Å². The van der Waals surface area contributed by atoms with Crippen LogP contribution < -0.4 is 14.8 Å². The zero-order valence-electron chi connectivity index (χ0n) is 16.7. The molecular formula is C25H29NO2. The minimum absolute atomic E-state index is 0.128. The number of rotatable bonds is 10. The summed E-state index contributed by atoms with van der Waals surface area (Å²) in [6.45, 7) is 5.67. The Kier molecular flexibility index (Phi) is 7.36. The molecule has 3 heteroatoms. The van der Waals surface area contributed by atoms with Crippen molar-refractivity contribution in [1.29, 1.82) is 0 Å². The van der Waals surface area contributed by atoms with Gasteiger partial charge in [-0.2, -0.15) is 0 Å². The van der Waals surface area contributed by atoms with Gasteiger partial charge in [0.05, 0.1) is 13.2 Å². The van der Waals surface area contributed by atoms with E-state index in [9.17, 15) is 0 Å². The Balaban J connectivity index is 1.44. The van der Waals surface area contributed by atoms with Crippen molar-refractivity contribution in [2.75, 3.05) is 18.5 Å². The van der Waals surface area contributed by atoms with Gasteiger partial charge in [0.1, 0.15) is 17.6 Å². The number of benzene rings is 3. The molecule has 1 unspecified atom stereocenters. The molecule has 0 radical (unpaired) electrons. The summed E-state index contributed by atoms with van der Waals surface area (Å²) in [6, 6.07) is 26.7. The molecule has 0 bridgehead atoms. The summed E-state index contributed by atoms with van der Waals surface area (Å²) in [7, 11) is 0. The van der Waals surface area contributed by atoms with Crippen LogP contribution in [0.25, 0.3) is 0 Å². The fourth-order valence-corrected chi connectivity index (χ4v) is 2.98. The minimum atomic E-state index is 0.128. The average Bonchev–Trinajstić information content (AvgIpc) is 2.73. The summed E-state index contributed by atoms with van der Waals surface area (Å²) in [6.07, 6.45) is 1.99. The number of ether oxygens (including phenoxy) is 2. The van der Waals surface area contributed by atoms with Crippen LogP contribution in [0.3, 0.4) is 0 Å². The van der Waals surface area contributed by atoms with Crippen molar-refractivity contribution in [3.8, 4) is 11.5 Å². The first-order chi connectivity index (χ1) is 13.7. The molecule has 28 heavy (non-hydrogen) atoms. The summed E-state index contributed by atoms with van der Waals surface area (Å²) in [4.78, 5) is 0. The van der Waals surface area contributed by atoms with Gasteiger partial charge in [0, 0.05) is 12.1 Å². The first-order valence-corrected chi connectivity index (χ1v) is 9.97. The van der Waals surface area contributed by atoms with Crippen LogP contribution >= 0.6 is 0 Å². The van der Waals surface area contributed by atoms with E-state index in [2.05, 4.69) is 67.7 Å². The summed E-state index contributed by atoms with van der Waals surface area (Å²) < 4.78 is 11.9. The van der Waals surface area contributed by atoms with Crippen LogP contribution in [0.1, 0.15) is 24.5 Å². The largest absolute Gasteiger partial charge is 0.493 e. The molecule has 0 aliphatic rings. The molecule has 1 N–H and O–H groups in total. The Bertz CT molecular complexity index is 831. The van der Waals surface area contributed by atoms with Gasteiger partial charge in [-0.3, -0.25) is 0 Å². The molecule has 0 aliphatic carbocycles. The molecule has 3 nitrogen and oxygen atoms in total. The van der Waals surface area contributed by atoms with Crippen molar-refractivity contribution in [1.82, 2.24) is 0 Å². The lowest BCUT2D eigenvalue weighted by Gasteiger charge is -2.19. The fourth-order valence-electron chi connectivity index (χ4n) is 2.98. The Morgan fingerprint density at radius 2 is 1.64 bits per heavy atom. The highest BCUT2D eigenvalue weighted by atomic mass is 16.5. The highest BCUT2D eigenvalue weighted by Crippen LogP contribution is 2.18. The molecule has 0 amide bonds. The van der Waals surface area contributed by atoms with Crippen LogP contribution in [0.2, 0.25) is 0 Å². The standard InChI is InChI=1S/C25H29NO2/c1-3-23(28-25-11-7-8-20(2)18-25)19-26-22-12-14-24(15-13-22)27-17-16-21-9-5-4-6-10-21/h4-15,18,23,26H,3,16-17,19H2,1-2H3. The van der Waals surface area contributed by atoms with Gasteiger partial charge in [-0.25, -0.2) is 0 Å². The molecule has 146 valence electrons. The van der Waals surface area contributed by atoms with Gasteiger partial charge in [0.15, 0.2) is 0 Å². The third-order valence-corrected chi connectivity index (χ3v) is 4.64. The predicted octanol–water partition coefficient (Wildman–Crippen LogP) is 5.89. The van der Waals surface area contributed by atoms with Gasteiger partial charge in [0.2, 0.25) is 0 Å². The number of anilines is 1. The molecule has 1 atom stereocenters. The minimum Gasteiger partial charge on any atom is -0.493 e. The summed E-state index contributed by atoms with van der Waals surface area (Å²) in [5, 5.41) is 3.46. The molecule has 0 aromatic heterocycles. The van der Waals surface area contributed by atoms with Crippen molar-refractivity contribution in [2.24, 2.45) is 0 Å². The zero-order valence-corrected chi connectivity index (χ0v) is 16.7. The molecular weight excluding hydrogens is 346 g/mol. The molecule has 0 saturated carbocycles. The maximum absolute atomic E-state index is 6.10. The number of nitrogens with one attached hydrogen (secondary N) is 1. The Morgan fingerprint density at radius 1 is 0.857 bits per heavy atom. The van der Waals surface area contributed by atoms with Gasteiger partial charge >= 0.3 is 0 Å². The average molecular weight is 376 g/mol. The van der Waals surface area contributed by atoms with Crippen LogP contribution in [0, 0.1) is 6.92 Å². The SMILES string of the molecule is CCC(CNc1ccc(OCCc2ccccc2)cc1)Oc1cccc(C)c1. The summed E-state index contributed by atoms with van der Waals surface area (Å²) >= 11 is 0. The second-order valence-electron chi connectivity index (χ2n) is 6.95.